The summed E-state index contributed by atoms with van der Waals surface area (Å²) in [5.74, 6) is -76.6. The largest absolute Gasteiger partial charge is 0.460 e. The van der Waals surface area contributed by atoms with Gasteiger partial charge < -0.3 is 0 Å². The van der Waals surface area contributed by atoms with E-state index in [1.807, 2.05) is 0 Å². The van der Waals surface area contributed by atoms with Crippen molar-refractivity contribution in [1.29, 1.82) is 0 Å². The maximum atomic E-state index is 13.7. The molecule has 0 radical (unpaired) electrons. The van der Waals surface area contributed by atoms with Crippen molar-refractivity contribution in [2.24, 2.45) is 0 Å². The van der Waals surface area contributed by atoms with E-state index in [2.05, 4.69) is 0 Å². The third-order valence-electron chi connectivity index (χ3n) is 4.65. The van der Waals surface area contributed by atoms with Crippen LogP contribution in [0.5, 0.6) is 0 Å². The zero-order valence-electron chi connectivity index (χ0n) is 17.3. The molecule has 0 aliphatic rings. The van der Waals surface area contributed by atoms with Crippen LogP contribution in [0.15, 0.2) is 30.3 Å². The molecule has 0 N–H and O–H groups in total. The summed E-state index contributed by atoms with van der Waals surface area (Å²) in [4.78, 5) is 0. The second-order valence-corrected chi connectivity index (χ2v) is 7.28. The third-order valence-corrected chi connectivity index (χ3v) is 4.65. The van der Waals surface area contributed by atoms with Gasteiger partial charge in [-0.05, 0) is 18.1 Å². The van der Waals surface area contributed by atoms with Crippen molar-refractivity contribution in [2.45, 2.75) is 59.5 Å². The number of halogens is 21. The van der Waals surface area contributed by atoms with Crippen LogP contribution in [0, 0.1) is 11.8 Å². The van der Waals surface area contributed by atoms with Gasteiger partial charge in [-0.2, -0.15) is 92.2 Å². The van der Waals surface area contributed by atoms with Crippen LogP contribution in [0.2, 0.25) is 0 Å². The molecule has 0 aliphatic carbocycles. The second-order valence-electron chi connectivity index (χ2n) is 7.28. The first-order valence-corrected chi connectivity index (χ1v) is 8.88. The highest BCUT2D eigenvalue weighted by molar-refractivity contribution is 5.36. The molecule has 0 atom stereocenters. The molecule has 0 aliphatic heterocycles. The Bertz CT molecular complexity index is 1080. The molecule has 0 nitrogen and oxygen atoms in total. The van der Waals surface area contributed by atoms with E-state index in [0.717, 1.165) is 24.1 Å². The molecule has 21 heteroatoms. The van der Waals surface area contributed by atoms with Gasteiger partial charge in [-0.15, -0.1) is 0 Å². The van der Waals surface area contributed by atoms with E-state index < -0.39 is 65.0 Å². The number of benzene rings is 1. The molecular weight excluding hydrogens is 615 g/mol. The van der Waals surface area contributed by atoms with Gasteiger partial charge in [-0.1, -0.05) is 24.1 Å². The van der Waals surface area contributed by atoms with Gasteiger partial charge in [-0.25, -0.2) is 0 Å². The van der Waals surface area contributed by atoms with Gasteiger partial charge in [0, 0.05) is 5.56 Å². The van der Waals surface area contributed by atoms with Crippen LogP contribution in [-0.2, 0) is 0 Å². The minimum atomic E-state index is -9.19. The molecule has 0 fully saturated rings. The molecular formula is C18H5F21. The van der Waals surface area contributed by atoms with Gasteiger partial charge in [0.15, 0.2) is 0 Å². The molecule has 0 saturated carbocycles. The van der Waals surface area contributed by atoms with Crippen LogP contribution < -0.4 is 0 Å². The maximum Gasteiger partial charge on any atom is 0.460 e. The third kappa shape index (κ3) is 4.60. The standard InChI is InChI=1S/C18H5F21/c19-9(20,7-6-8-4-2-1-3-5-8)10(21,22)11(23,24)12(25,26)13(27,28)14(29,30)15(31,32)16(33,34)17(35,36)18(37,38)39/h1-5H. The Hall–Kier alpha value is -2.69. The molecule has 1 rings (SSSR count). The van der Waals surface area contributed by atoms with Gasteiger partial charge in [-0.3, -0.25) is 0 Å². The van der Waals surface area contributed by atoms with Crippen molar-refractivity contribution in [3.05, 3.63) is 35.9 Å². The van der Waals surface area contributed by atoms with E-state index in [1.165, 1.54) is 0 Å². The number of hydrogen-bond acceptors (Lipinski definition) is 0. The predicted molar refractivity (Wildman–Crippen MR) is 83.9 cm³/mol. The lowest BCUT2D eigenvalue weighted by molar-refractivity contribution is -0.472. The minimum absolute atomic E-state index is 0.0964. The van der Waals surface area contributed by atoms with E-state index in [9.17, 15) is 92.2 Å². The Morgan fingerprint density at radius 1 is 0.359 bits per heavy atom. The first-order chi connectivity index (χ1) is 16.8. The van der Waals surface area contributed by atoms with Crippen LogP contribution in [0.3, 0.4) is 0 Å². The normalized spacial score (nSPS) is 15.6. The SMILES string of the molecule is FC(F)(F)C(F)(F)C(F)(F)C(F)(F)C(F)(F)C(F)(F)C(F)(F)C(F)(F)C(F)(F)C(F)(F)C#Cc1ccccc1. The summed E-state index contributed by atoms with van der Waals surface area (Å²) in [7, 11) is 0. The van der Waals surface area contributed by atoms with Gasteiger partial charge in [0.2, 0.25) is 0 Å². The van der Waals surface area contributed by atoms with Crippen LogP contribution in [0.1, 0.15) is 5.56 Å². The van der Waals surface area contributed by atoms with Crippen LogP contribution in [0.4, 0.5) is 92.2 Å². The molecule has 0 heterocycles. The second kappa shape index (κ2) is 9.17. The molecule has 0 amide bonds. The molecule has 1 aromatic carbocycles. The number of rotatable bonds is 8. The van der Waals surface area contributed by atoms with Crippen molar-refractivity contribution < 1.29 is 92.2 Å². The summed E-state index contributed by atoms with van der Waals surface area (Å²) in [6.07, 6.45) is -8.01. The van der Waals surface area contributed by atoms with Crippen molar-refractivity contribution in [2.75, 3.05) is 0 Å². The van der Waals surface area contributed by atoms with Crippen molar-refractivity contribution in [1.82, 2.24) is 0 Å². The summed E-state index contributed by atoms with van der Waals surface area (Å²) in [6, 6.07) is 4.36. The fourth-order valence-electron chi connectivity index (χ4n) is 2.31. The summed E-state index contributed by atoms with van der Waals surface area (Å²) < 4.78 is 278. The molecule has 0 saturated heterocycles. The predicted octanol–water partition coefficient (Wildman–Crippen LogP) is 8.32. The Balaban J connectivity index is 3.75. The lowest BCUT2D eigenvalue weighted by atomic mass is 9.86. The lowest BCUT2D eigenvalue weighted by Gasteiger charge is -2.44. The maximum absolute atomic E-state index is 13.7. The van der Waals surface area contributed by atoms with Crippen LogP contribution in [0.25, 0.3) is 0 Å². The lowest BCUT2D eigenvalue weighted by Crippen LogP contribution is -2.76. The Morgan fingerprint density at radius 3 is 0.949 bits per heavy atom. The van der Waals surface area contributed by atoms with Gasteiger partial charge >= 0.3 is 59.5 Å². The highest BCUT2D eigenvalue weighted by Crippen LogP contribution is 2.66. The smallest absolute Gasteiger partial charge is 0.192 e. The molecule has 0 aromatic heterocycles. The highest BCUT2D eigenvalue weighted by Gasteiger charge is 2.97. The molecule has 0 spiro atoms. The number of hydrogen-bond donors (Lipinski definition) is 0. The monoisotopic (exact) mass is 620 g/mol. The van der Waals surface area contributed by atoms with Crippen molar-refractivity contribution >= 4 is 0 Å². The molecule has 39 heavy (non-hydrogen) atoms. The average molecular weight is 620 g/mol. The Morgan fingerprint density at radius 2 is 0.641 bits per heavy atom. The van der Waals surface area contributed by atoms with E-state index >= 15 is 0 Å². The summed E-state index contributed by atoms with van der Waals surface area (Å²) in [5, 5.41) is 0. The Kier molecular flexibility index (Phi) is 8.08. The minimum Gasteiger partial charge on any atom is -0.192 e. The quantitative estimate of drug-likeness (QED) is 0.203. The number of alkyl halides is 21. The van der Waals surface area contributed by atoms with Crippen molar-refractivity contribution in [3.63, 3.8) is 0 Å². The topological polar surface area (TPSA) is 0 Å². The Labute approximate surface area is 200 Å². The van der Waals surface area contributed by atoms with E-state index in [0.29, 0.717) is 12.1 Å². The van der Waals surface area contributed by atoms with E-state index in [1.54, 1.807) is 0 Å². The summed E-state index contributed by atoms with van der Waals surface area (Å²) in [5.41, 5.74) is -0.771. The zero-order valence-corrected chi connectivity index (χ0v) is 17.3. The molecule has 1 aromatic rings. The van der Waals surface area contributed by atoms with Crippen LogP contribution in [-0.4, -0.2) is 59.5 Å². The van der Waals surface area contributed by atoms with Crippen LogP contribution >= 0.6 is 0 Å². The average Bonchev–Trinajstić information content (AvgIpc) is 2.76. The van der Waals surface area contributed by atoms with Crippen molar-refractivity contribution in [3.8, 4) is 11.8 Å². The van der Waals surface area contributed by atoms with Gasteiger partial charge in [0.05, 0.1) is 0 Å². The molecule has 224 valence electrons. The fraction of sp³-hybridized carbons (Fsp3) is 0.556. The summed E-state index contributed by atoms with van der Waals surface area (Å²) >= 11 is 0. The first kappa shape index (κ1) is 34.3. The molecule has 0 unspecified atom stereocenters. The van der Waals surface area contributed by atoms with E-state index in [-0.39, 0.29) is 5.92 Å². The van der Waals surface area contributed by atoms with Gasteiger partial charge in [0.25, 0.3) is 0 Å². The highest BCUT2D eigenvalue weighted by atomic mass is 19.4. The van der Waals surface area contributed by atoms with E-state index in [4.69, 9.17) is 0 Å². The zero-order chi connectivity index (χ0) is 31.5. The summed E-state index contributed by atoms with van der Waals surface area (Å²) in [6.45, 7) is 0. The first-order valence-electron chi connectivity index (χ1n) is 8.88. The fourth-order valence-corrected chi connectivity index (χ4v) is 2.31. The molecule has 0 bridgehead atoms. The van der Waals surface area contributed by atoms with Gasteiger partial charge in [0.1, 0.15) is 0 Å².